The van der Waals surface area contributed by atoms with Crippen molar-refractivity contribution in [3.63, 3.8) is 0 Å². The van der Waals surface area contributed by atoms with Crippen LogP contribution in [0, 0.1) is 5.92 Å². The Balaban J connectivity index is 4.02. The largest absolute Gasteiger partial charge is 0.396 e. The number of hydrogen-bond acceptors (Lipinski definition) is 3. The van der Waals surface area contributed by atoms with Crippen LogP contribution in [-0.2, 0) is 0 Å². The highest BCUT2D eigenvalue weighted by Crippen LogP contribution is 2.23. The lowest BCUT2D eigenvalue weighted by Gasteiger charge is -2.23. The Morgan fingerprint density at radius 2 is 2.00 bits per heavy atom. The first-order valence-corrected chi connectivity index (χ1v) is 6.37. The maximum absolute atomic E-state index is 8.78. The van der Waals surface area contributed by atoms with Crippen molar-refractivity contribution in [2.24, 2.45) is 5.92 Å². The molecule has 0 aromatic rings. The Kier molecular flexibility index (Phi) is 7.59. The zero-order valence-corrected chi connectivity index (χ0v) is 11.1. The van der Waals surface area contributed by atoms with Gasteiger partial charge < -0.3 is 10.0 Å². The van der Waals surface area contributed by atoms with Gasteiger partial charge in [-0.25, -0.2) is 0 Å². The molecule has 0 aromatic carbocycles. The van der Waals surface area contributed by atoms with E-state index in [1.54, 1.807) is 0 Å². The molecule has 1 N–H and O–H groups in total. The first-order valence-electron chi connectivity index (χ1n) is 4.91. The average molecular weight is 235 g/mol. The summed E-state index contributed by atoms with van der Waals surface area (Å²) in [6, 6.07) is 0. The minimum absolute atomic E-state index is 0.253. The average Bonchev–Trinajstić information content (AvgIpc) is 2.10. The van der Waals surface area contributed by atoms with Gasteiger partial charge in [0.15, 0.2) is 0 Å². The van der Waals surface area contributed by atoms with E-state index < -0.39 is 0 Å². The lowest BCUT2D eigenvalue weighted by atomic mass is 10.1. The Bertz CT molecular complexity index is 172. The van der Waals surface area contributed by atoms with Gasteiger partial charge in [-0.1, -0.05) is 26.1 Å². The lowest BCUT2D eigenvalue weighted by molar-refractivity contribution is 0.322. The van der Waals surface area contributed by atoms with Gasteiger partial charge in [-0.2, -0.15) is 11.8 Å². The summed E-state index contributed by atoms with van der Waals surface area (Å²) in [6.45, 7) is 4.66. The van der Waals surface area contributed by atoms with Gasteiger partial charge >= 0.3 is 0 Å². The third-order valence-electron chi connectivity index (χ3n) is 2.04. The number of hydrogen-bond donors (Lipinski definition) is 1. The second-order valence-electron chi connectivity index (χ2n) is 3.87. The van der Waals surface area contributed by atoms with E-state index in [9.17, 15) is 0 Å². The number of thioether (sulfide) groups is 1. The van der Waals surface area contributed by atoms with Gasteiger partial charge in [-0.05, 0) is 5.92 Å². The van der Waals surface area contributed by atoms with Gasteiger partial charge in [-0.3, -0.25) is 0 Å². The van der Waals surface area contributed by atoms with E-state index in [0.717, 1.165) is 17.2 Å². The van der Waals surface area contributed by atoms with Crippen LogP contribution in [0.15, 0.2) is 0 Å². The summed E-state index contributed by atoms with van der Waals surface area (Å²) >= 11 is 7.09. The fraction of sp³-hybridized carbons (Fsp3) is 0.900. The van der Waals surface area contributed by atoms with Crippen molar-refractivity contribution in [3.05, 3.63) is 0 Å². The Morgan fingerprint density at radius 1 is 1.43 bits per heavy atom. The SMILES string of the molecule is CC(C)[C@@H](CC(=S)N(C)C)SCCO. The Hall–Kier alpha value is 0.200. The summed E-state index contributed by atoms with van der Waals surface area (Å²) in [7, 11) is 3.97. The summed E-state index contributed by atoms with van der Waals surface area (Å²) in [5, 5.41) is 9.30. The molecule has 0 rings (SSSR count). The smallest absolute Gasteiger partial charge is 0.0785 e. The fourth-order valence-electron chi connectivity index (χ4n) is 1.05. The molecule has 0 spiro atoms. The molecule has 1 atom stereocenters. The van der Waals surface area contributed by atoms with E-state index in [0.29, 0.717) is 11.2 Å². The normalized spacial score (nSPS) is 13.0. The molecule has 2 nitrogen and oxygen atoms in total. The van der Waals surface area contributed by atoms with E-state index in [4.69, 9.17) is 17.3 Å². The van der Waals surface area contributed by atoms with E-state index in [-0.39, 0.29) is 6.61 Å². The van der Waals surface area contributed by atoms with Gasteiger partial charge in [0.25, 0.3) is 0 Å². The molecule has 0 fully saturated rings. The van der Waals surface area contributed by atoms with E-state index in [1.807, 2.05) is 30.8 Å². The maximum atomic E-state index is 8.78. The maximum Gasteiger partial charge on any atom is 0.0785 e. The van der Waals surface area contributed by atoms with Gasteiger partial charge in [0.05, 0.1) is 11.6 Å². The molecule has 0 saturated heterocycles. The first-order chi connectivity index (χ1) is 6.49. The predicted octanol–water partition coefficient (Wildman–Crippen LogP) is 2.02. The van der Waals surface area contributed by atoms with Crippen molar-refractivity contribution < 1.29 is 5.11 Å². The molecule has 0 aliphatic rings. The third-order valence-corrected chi connectivity index (χ3v) is 4.13. The highest BCUT2D eigenvalue weighted by Gasteiger charge is 2.16. The third kappa shape index (κ3) is 5.83. The molecular weight excluding hydrogens is 214 g/mol. The Morgan fingerprint density at radius 3 is 2.36 bits per heavy atom. The Labute approximate surface area is 97.1 Å². The van der Waals surface area contributed by atoms with Crippen LogP contribution in [0.3, 0.4) is 0 Å². The number of rotatable bonds is 6. The quantitative estimate of drug-likeness (QED) is 0.712. The lowest BCUT2D eigenvalue weighted by Crippen LogP contribution is -2.26. The summed E-state index contributed by atoms with van der Waals surface area (Å²) in [6.07, 6.45) is 0.935. The molecule has 84 valence electrons. The van der Waals surface area contributed by atoms with E-state index >= 15 is 0 Å². The molecule has 0 aromatic heterocycles. The molecule has 0 aliphatic heterocycles. The molecule has 0 saturated carbocycles. The van der Waals surface area contributed by atoms with Crippen molar-refractivity contribution in [2.45, 2.75) is 25.5 Å². The van der Waals surface area contributed by atoms with Crippen molar-refractivity contribution in [2.75, 3.05) is 26.5 Å². The topological polar surface area (TPSA) is 23.5 Å². The van der Waals surface area contributed by atoms with Crippen molar-refractivity contribution in [3.8, 4) is 0 Å². The van der Waals surface area contributed by atoms with Crippen LogP contribution in [0.1, 0.15) is 20.3 Å². The van der Waals surface area contributed by atoms with Crippen LogP contribution in [0.25, 0.3) is 0 Å². The molecule has 0 amide bonds. The monoisotopic (exact) mass is 235 g/mol. The zero-order valence-electron chi connectivity index (χ0n) is 9.49. The highest BCUT2D eigenvalue weighted by molar-refractivity contribution is 8.00. The molecule has 0 aliphatic carbocycles. The number of nitrogens with zero attached hydrogens (tertiary/aromatic N) is 1. The molecule has 0 bridgehead atoms. The van der Waals surface area contributed by atoms with E-state index in [2.05, 4.69) is 13.8 Å². The van der Waals surface area contributed by atoms with Crippen LogP contribution in [0.4, 0.5) is 0 Å². The van der Waals surface area contributed by atoms with Crippen LogP contribution >= 0.6 is 24.0 Å². The molecule has 14 heavy (non-hydrogen) atoms. The predicted molar refractivity (Wildman–Crippen MR) is 69.1 cm³/mol. The van der Waals surface area contributed by atoms with Crippen molar-refractivity contribution in [1.82, 2.24) is 4.90 Å². The van der Waals surface area contributed by atoms with Crippen LogP contribution in [0.2, 0.25) is 0 Å². The fourth-order valence-corrected chi connectivity index (χ4v) is 2.40. The van der Waals surface area contributed by atoms with Crippen molar-refractivity contribution >= 4 is 29.0 Å². The van der Waals surface area contributed by atoms with Gasteiger partial charge in [0.1, 0.15) is 0 Å². The van der Waals surface area contributed by atoms with Crippen LogP contribution in [0.5, 0.6) is 0 Å². The molecule has 0 radical (unpaired) electrons. The first kappa shape index (κ1) is 14.2. The summed E-state index contributed by atoms with van der Waals surface area (Å²) in [5.41, 5.74) is 0. The van der Waals surface area contributed by atoms with E-state index in [1.165, 1.54) is 0 Å². The van der Waals surface area contributed by atoms with Gasteiger partial charge in [-0.15, -0.1) is 0 Å². The number of thiocarbonyl (C=S) groups is 1. The highest BCUT2D eigenvalue weighted by atomic mass is 32.2. The second-order valence-corrected chi connectivity index (χ2v) is 5.69. The second kappa shape index (κ2) is 7.49. The summed E-state index contributed by atoms with van der Waals surface area (Å²) in [4.78, 5) is 2.98. The minimum Gasteiger partial charge on any atom is -0.396 e. The summed E-state index contributed by atoms with van der Waals surface area (Å²) < 4.78 is 0. The molecule has 0 unspecified atom stereocenters. The standard InChI is InChI=1S/C10H21NOS2/c1-8(2)9(14-6-5-12)7-10(13)11(3)4/h8-9,12H,5-7H2,1-4H3/t9-/m1/s1. The molecule has 0 heterocycles. The molecular formula is C10H21NOS2. The van der Waals surface area contributed by atoms with Crippen LogP contribution in [-0.4, -0.2) is 46.7 Å². The van der Waals surface area contributed by atoms with Crippen molar-refractivity contribution in [1.29, 1.82) is 0 Å². The number of aliphatic hydroxyl groups excluding tert-OH is 1. The number of aliphatic hydroxyl groups is 1. The minimum atomic E-state index is 0.253. The molecule has 4 heteroatoms. The van der Waals surface area contributed by atoms with Gasteiger partial charge in [0, 0.05) is 31.5 Å². The summed E-state index contributed by atoms with van der Waals surface area (Å²) in [5.74, 6) is 1.41. The van der Waals surface area contributed by atoms with Crippen LogP contribution < -0.4 is 0 Å². The zero-order chi connectivity index (χ0) is 11.1. The van der Waals surface area contributed by atoms with Gasteiger partial charge in [0.2, 0.25) is 0 Å².